The molecule has 0 saturated carbocycles. The third-order valence-electron chi connectivity index (χ3n) is 5.73. The average molecular weight is 347 g/mol. The second kappa shape index (κ2) is 7.85. The number of aromatic nitrogens is 2. The Hall–Kier alpha value is -1.44. The van der Waals surface area contributed by atoms with Crippen molar-refractivity contribution < 1.29 is 9.53 Å². The largest absolute Gasteiger partial charge is 0.379 e. The molecule has 2 fully saturated rings. The molecular formula is C18H29N5O2. The van der Waals surface area contributed by atoms with Crippen molar-refractivity contribution in [2.45, 2.75) is 38.4 Å². The first-order valence-corrected chi connectivity index (χ1v) is 9.62. The van der Waals surface area contributed by atoms with E-state index in [-0.39, 0.29) is 5.91 Å². The molecule has 0 N–H and O–H groups in total. The summed E-state index contributed by atoms with van der Waals surface area (Å²) < 4.78 is 7.58. The van der Waals surface area contributed by atoms with Gasteiger partial charge >= 0.3 is 0 Å². The summed E-state index contributed by atoms with van der Waals surface area (Å²) in [5.41, 5.74) is 1.22. The Labute approximate surface area is 149 Å². The summed E-state index contributed by atoms with van der Waals surface area (Å²) in [4.78, 5) is 19.6. The van der Waals surface area contributed by atoms with Gasteiger partial charge < -0.3 is 9.64 Å². The zero-order valence-electron chi connectivity index (χ0n) is 15.0. The molecule has 1 amide bonds. The number of carbonyl (C=O) groups is 1. The summed E-state index contributed by atoms with van der Waals surface area (Å²) >= 11 is 0. The lowest BCUT2D eigenvalue weighted by atomic mass is 10.1. The van der Waals surface area contributed by atoms with Crippen molar-refractivity contribution in [2.75, 3.05) is 52.5 Å². The van der Waals surface area contributed by atoms with Gasteiger partial charge in [-0.2, -0.15) is 5.10 Å². The number of hydrogen-bond acceptors (Lipinski definition) is 5. The van der Waals surface area contributed by atoms with Crippen LogP contribution in [0.25, 0.3) is 0 Å². The van der Waals surface area contributed by atoms with Crippen LogP contribution in [-0.2, 0) is 22.6 Å². The summed E-state index contributed by atoms with van der Waals surface area (Å²) in [7, 11) is 0. The maximum atomic E-state index is 12.7. The number of fused-ring (bicyclic) bond motifs is 1. The van der Waals surface area contributed by atoms with Crippen molar-refractivity contribution in [3.63, 3.8) is 0 Å². The number of hydrogen-bond donors (Lipinski definition) is 0. The number of nitrogens with zero attached hydrogens (tertiary/aromatic N) is 5. The third-order valence-corrected chi connectivity index (χ3v) is 5.73. The molecule has 1 atom stereocenters. The van der Waals surface area contributed by atoms with E-state index in [4.69, 9.17) is 4.74 Å². The Morgan fingerprint density at radius 1 is 1.16 bits per heavy atom. The molecule has 7 heteroatoms. The van der Waals surface area contributed by atoms with Crippen molar-refractivity contribution in [1.29, 1.82) is 0 Å². The molecular weight excluding hydrogens is 318 g/mol. The zero-order valence-corrected chi connectivity index (χ0v) is 15.0. The van der Waals surface area contributed by atoms with E-state index in [0.29, 0.717) is 12.6 Å². The first kappa shape index (κ1) is 17.0. The Morgan fingerprint density at radius 2 is 1.96 bits per heavy atom. The van der Waals surface area contributed by atoms with Crippen molar-refractivity contribution in [2.24, 2.45) is 0 Å². The fraction of sp³-hybridized carbons (Fsp3) is 0.778. The topological polar surface area (TPSA) is 53.8 Å². The summed E-state index contributed by atoms with van der Waals surface area (Å²) in [5.74, 6) is 0.289. The van der Waals surface area contributed by atoms with E-state index in [1.54, 1.807) is 0 Å². The zero-order chi connectivity index (χ0) is 17.1. The Balaban J connectivity index is 1.45. The SMILES string of the molecule is O=C(CN1Cc2ccnn2CC[C@@H]1CN1CCOCC1)N1CCCC1. The highest BCUT2D eigenvalue weighted by Gasteiger charge is 2.29. The summed E-state index contributed by atoms with van der Waals surface area (Å²) in [6.07, 6.45) is 5.21. The van der Waals surface area contributed by atoms with Crippen LogP contribution in [0, 0.1) is 0 Å². The molecule has 3 aliphatic heterocycles. The molecule has 0 radical (unpaired) electrons. The van der Waals surface area contributed by atoms with Crippen LogP contribution < -0.4 is 0 Å². The molecule has 0 bridgehead atoms. The fourth-order valence-corrected chi connectivity index (χ4v) is 4.20. The van der Waals surface area contributed by atoms with Crippen molar-refractivity contribution in [3.8, 4) is 0 Å². The Kier molecular flexibility index (Phi) is 5.33. The maximum absolute atomic E-state index is 12.7. The molecule has 0 aliphatic carbocycles. The van der Waals surface area contributed by atoms with Gasteiger partial charge in [0.25, 0.3) is 0 Å². The first-order chi connectivity index (χ1) is 12.3. The highest BCUT2D eigenvalue weighted by Crippen LogP contribution is 2.19. The highest BCUT2D eigenvalue weighted by molar-refractivity contribution is 5.78. The number of likely N-dealkylation sites (tertiary alicyclic amines) is 1. The molecule has 138 valence electrons. The van der Waals surface area contributed by atoms with Gasteiger partial charge in [0.1, 0.15) is 0 Å². The van der Waals surface area contributed by atoms with Crippen LogP contribution in [0.3, 0.4) is 0 Å². The van der Waals surface area contributed by atoms with Crippen molar-refractivity contribution in [1.82, 2.24) is 24.5 Å². The van der Waals surface area contributed by atoms with Gasteiger partial charge in [-0.1, -0.05) is 0 Å². The predicted octanol–water partition coefficient (Wildman–Crippen LogP) is 0.412. The van der Waals surface area contributed by atoms with E-state index < -0.39 is 0 Å². The van der Waals surface area contributed by atoms with Gasteiger partial charge in [0.2, 0.25) is 5.91 Å². The van der Waals surface area contributed by atoms with Crippen LogP contribution in [-0.4, -0.2) is 88.9 Å². The minimum atomic E-state index is 0.289. The van der Waals surface area contributed by atoms with E-state index in [9.17, 15) is 4.79 Å². The minimum absolute atomic E-state index is 0.289. The highest BCUT2D eigenvalue weighted by atomic mass is 16.5. The average Bonchev–Trinajstić information content (AvgIpc) is 3.29. The molecule has 1 aromatic rings. The Morgan fingerprint density at radius 3 is 2.76 bits per heavy atom. The van der Waals surface area contributed by atoms with Crippen molar-refractivity contribution in [3.05, 3.63) is 18.0 Å². The molecule has 0 aromatic carbocycles. The lowest BCUT2D eigenvalue weighted by molar-refractivity contribution is -0.132. The van der Waals surface area contributed by atoms with E-state index in [1.165, 1.54) is 5.69 Å². The van der Waals surface area contributed by atoms with Gasteiger partial charge in [-0.15, -0.1) is 0 Å². The molecule has 3 aliphatic rings. The van der Waals surface area contributed by atoms with Gasteiger partial charge in [-0.3, -0.25) is 19.3 Å². The molecule has 25 heavy (non-hydrogen) atoms. The molecule has 7 nitrogen and oxygen atoms in total. The molecule has 4 rings (SSSR count). The third kappa shape index (κ3) is 4.04. The standard InChI is InChI=1S/C18H29N5O2/c24-18(21-6-1-2-7-21)15-22-14-17-3-5-19-23(17)8-4-16(22)13-20-9-11-25-12-10-20/h3,5,16H,1-2,4,6-15H2/t16-/m1/s1. The molecule has 0 spiro atoms. The smallest absolute Gasteiger partial charge is 0.236 e. The molecule has 2 saturated heterocycles. The van der Waals surface area contributed by atoms with Crippen LogP contribution >= 0.6 is 0 Å². The van der Waals surface area contributed by atoms with Gasteiger partial charge in [0, 0.05) is 58.1 Å². The van der Waals surface area contributed by atoms with Crippen LogP contribution in [0.15, 0.2) is 12.3 Å². The summed E-state index contributed by atoms with van der Waals surface area (Å²) in [6, 6.07) is 2.48. The second-order valence-electron chi connectivity index (χ2n) is 7.39. The quantitative estimate of drug-likeness (QED) is 0.790. The number of amides is 1. The van der Waals surface area contributed by atoms with Gasteiger partial charge in [0.15, 0.2) is 0 Å². The van der Waals surface area contributed by atoms with Crippen LogP contribution in [0.1, 0.15) is 25.0 Å². The molecule has 0 unspecified atom stereocenters. The van der Waals surface area contributed by atoms with E-state index in [2.05, 4.69) is 25.6 Å². The number of rotatable bonds is 4. The van der Waals surface area contributed by atoms with Crippen LogP contribution in [0.5, 0.6) is 0 Å². The van der Waals surface area contributed by atoms with E-state index in [1.807, 2.05) is 11.1 Å². The first-order valence-electron chi connectivity index (χ1n) is 9.62. The number of carbonyl (C=O) groups excluding carboxylic acids is 1. The second-order valence-corrected chi connectivity index (χ2v) is 7.39. The Bertz CT molecular complexity index is 578. The van der Waals surface area contributed by atoms with Crippen LogP contribution in [0.2, 0.25) is 0 Å². The van der Waals surface area contributed by atoms with Gasteiger partial charge in [-0.25, -0.2) is 0 Å². The predicted molar refractivity (Wildman–Crippen MR) is 94.1 cm³/mol. The molecule has 1 aromatic heterocycles. The normalized spacial score (nSPS) is 25.8. The minimum Gasteiger partial charge on any atom is -0.379 e. The number of aryl methyl sites for hydroxylation is 1. The number of morpholine rings is 1. The monoisotopic (exact) mass is 347 g/mol. The van der Waals surface area contributed by atoms with E-state index in [0.717, 1.165) is 78.3 Å². The fourth-order valence-electron chi connectivity index (χ4n) is 4.20. The van der Waals surface area contributed by atoms with Crippen molar-refractivity contribution >= 4 is 5.91 Å². The number of ether oxygens (including phenoxy) is 1. The maximum Gasteiger partial charge on any atom is 0.236 e. The lowest BCUT2D eigenvalue weighted by Gasteiger charge is -2.36. The van der Waals surface area contributed by atoms with E-state index >= 15 is 0 Å². The summed E-state index contributed by atoms with van der Waals surface area (Å²) in [6.45, 7) is 8.78. The molecule has 4 heterocycles. The lowest BCUT2D eigenvalue weighted by Crippen LogP contribution is -2.49. The van der Waals surface area contributed by atoms with Gasteiger partial charge in [-0.05, 0) is 25.3 Å². The van der Waals surface area contributed by atoms with Gasteiger partial charge in [0.05, 0.1) is 25.5 Å². The van der Waals surface area contributed by atoms with Crippen LogP contribution in [0.4, 0.5) is 0 Å². The summed E-state index contributed by atoms with van der Waals surface area (Å²) in [5, 5.41) is 4.45.